The first-order valence-corrected chi connectivity index (χ1v) is 10.2. The van der Waals surface area contributed by atoms with E-state index in [-0.39, 0.29) is 38.8 Å². The van der Waals surface area contributed by atoms with Crippen LogP contribution < -0.4 is 12.4 Å². The molecule has 0 aromatic carbocycles. The SMILES string of the molecule is C=CCOCC(OCC=C)(OCC=C)OCC=C.C=CC[N+](CC=C)(CC=C)CC=C.[Cl-]. The molecule has 32 heavy (non-hydrogen) atoms. The third-order valence-electron chi connectivity index (χ3n) is 3.84. The Hall–Kier alpha value is -1.99. The van der Waals surface area contributed by atoms with Gasteiger partial charge in [-0.15, -0.1) is 26.3 Å². The predicted molar refractivity (Wildman–Crippen MR) is 133 cm³/mol. The van der Waals surface area contributed by atoms with E-state index in [2.05, 4.69) is 52.6 Å². The summed E-state index contributed by atoms with van der Waals surface area (Å²) in [7, 11) is 0. The van der Waals surface area contributed by atoms with Crippen LogP contribution in [-0.4, -0.2) is 69.7 Å². The van der Waals surface area contributed by atoms with Gasteiger partial charge >= 0.3 is 5.97 Å². The van der Waals surface area contributed by atoms with Crippen molar-refractivity contribution in [1.29, 1.82) is 0 Å². The summed E-state index contributed by atoms with van der Waals surface area (Å²) in [6, 6.07) is 0. The second-order valence-electron chi connectivity index (χ2n) is 6.51. The third kappa shape index (κ3) is 16.7. The van der Waals surface area contributed by atoms with Crippen molar-refractivity contribution in [2.24, 2.45) is 0 Å². The van der Waals surface area contributed by atoms with E-state index in [0.717, 1.165) is 30.7 Å². The molecule has 0 aliphatic carbocycles. The number of rotatable bonds is 21. The monoisotopic (exact) mass is 467 g/mol. The summed E-state index contributed by atoms with van der Waals surface area (Å²) in [5.74, 6) is -1.28. The van der Waals surface area contributed by atoms with Gasteiger partial charge in [0, 0.05) is 0 Å². The number of quaternary nitrogens is 1. The summed E-state index contributed by atoms with van der Waals surface area (Å²) >= 11 is 0. The van der Waals surface area contributed by atoms with Gasteiger partial charge in [0.2, 0.25) is 0 Å². The Morgan fingerprint density at radius 3 is 1.06 bits per heavy atom. The van der Waals surface area contributed by atoms with Gasteiger partial charge < -0.3 is 35.8 Å². The minimum atomic E-state index is -1.28. The van der Waals surface area contributed by atoms with Crippen LogP contribution in [0.3, 0.4) is 0 Å². The lowest BCUT2D eigenvalue weighted by Gasteiger charge is -2.35. The number of halogens is 1. The van der Waals surface area contributed by atoms with Crippen LogP contribution in [0.1, 0.15) is 0 Å². The van der Waals surface area contributed by atoms with Crippen molar-refractivity contribution in [3.05, 3.63) is 101 Å². The van der Waals surface area contributed by atoms with E-state index >= 15 is 0 Å². The molecule has 0 unspecified atom stereocenters. The van der Waals surface area contributed by atoms with Gasteiger partial charge in [0.1, 0.15) is 6.61 Å². The molecule has 0 amide bonds. The molecule has 0 aliphatic heterocycles. The zero-order chi connectivity index (χ0) is 23.8. The molecule has 0 aromatic heterocycles. The lowest BCUT2D eigenvalue weighted by Crippen LogP contribution is -3.00. The van der Waals surface area contributed by atoms with E-state index in [1.54, 1.807) is 24.3 Å². The van der Waals surface area contributed by atoms with Crippen molar-refractivity contribution in [2.45, 2.75) is 5.97 Å². The van der Waals surface area contributed by atoms with E-state index in [0.29, 0.717) is 6.61 Å². The van der Waals surface area contributed by atoms with Gasteiger partial charge in [-0.2, -0.15) is 0 Å². The number of hydrogen-bond donors (Lipinski definition) is 0. The standard InChI is InChI=1S/C14H22O4.C12H20N.ClH/c1-5-9-15-13-14(16-10-6-2,17-11-7-3)18-12-8-4;1-5-9-13(10-6-2,11-7-3)12-8-4;/h5-8H,1-4,9-13H2;5-8H,1-4,9-12H2;1H/q;+1;/p-1. The largest absolute Gasteiger partial charge is 1.00 e. The average Bonchev–Trinajstić information content (AvgIpc) is 2.76. The first kappa shape index (κ1) is 34.6. The van der Waals surface area contributed by atoms with E-state index in [4.69, 9.17) is 18.9 Å². The minimum Gasteiger partial charge on any atom is -1.00 e. The molecule has 6 heteroatoms. The molecule has 182 valence electrons. The van der Waals surface area contributed by atoms with Crippen LogP contribution in [0.2, 0.25) is 0 Å². The fourth-order valence-electron chi connectivity index (χ4n) is 2.62. The van der Waals surface area contributed by atoms with Gasteiger partial charge in [-0.3, -0.25) is 0 Å². The highest BCUT2D eigenvalue weighted by molar-refractivity contribution is 4.79. The van der Waals surface area contributed by atoms with Crippen molar-refractivity contribution >= 4 is 0 Å². The maximum absolute atomic E-state index is 5.51. The van der Waals surface area contributed by atoms with Crippen LogP contribution in [0.15, 0.2) is 101 Å². The van der Waals surface area contributed by atoms with Crippen molar-refractivity contribution in [3.8, 4) is 0 Å². The molecule has 5 nitrogen and oxygen atoms in total. The molecule has 0 aliphatic rings. The highest BCUT2D eigenvalue weighted by Crippen LogP contribution is 2.17. The smallest absolute Gasteiger partial charge is 0.308 e. The molecule has 0 saturated heterocycles. The third-order valence-corrected chi connectivity index (χ3v) is 3.84. The first-order chi connectivity index (χ1) is 15.0. The fourth-order valence-corrected chi connectivity index (χ4v) is 2.62. The molecule has 0 aromatic rings. The quantitative estimate of drug-likeness (QED) is 0.112. The molecule has 0 bridgehead atoms. The van der Waals surface area contributed by atoms with Crippen LogP contribution in [0, 0.1) is 0 Å². The normalized spacial score (nSPS) is 10.4. The first-order valence-electron chi connectivity index (χ1n) is 10.2. The second-order valence-corrected chi connectivity index (χ2v) is 6.51. The number of ether oxygens (including phenoxy) is 4. The molecule has 0 atom stereocenters. The molecule has 0 rings (SSSR count). The van der Waals surface area contributed by atoms with Crippen LogP contribution in [-0.2, 0) is 18.9 Å². The second kappa shape index (κ2) is 23.7. The van der Waals surface area contributed by atoms with Crippen LogP contribution in [0.5, 0.6) is 0 Å². The topological polar surface area (TPSA) is 36.9 Å². The van der Waals surface area contributed by atoms with Crippen molar-refractivity contribution in [1.82, 2.24) is 0 Å². The summed E-state index contributed by atoms with van der Waals surface area (Å²) in [5, 5.41) is 0. The van der Waals surface area contributed by atoms with Gasteiger partial charge in [0.05, 0.1) is 52.6 Å². The Balaban J connectivity index is -0.000000535. The van der Waals surface area contributed by atoms with Crippen LogP contribution >= 0.6 is 0 Å². The molecular weight excluding hydrogens is 426 g/mol. The highest BCUT2D eigenvalue weighted by Gasteiger charge is 2.33. The van der Waals surface area contributed by atoms with Gasteiger partial charge in [-0.1, -0.05) is 50.6 Å². The average molecular weight is 468 g/mol. The van der Waals surface area contributed by atoms with Gasteiger partial charge in [0.15, 0.2) is 0 Å². The molecule has 0 heterocycles. The Morgan fingerprint density at radius 2 is 0.812 bits per heavy atom. The molecule has 0 spiro atoms. The highest BCUT2D eigenvalue weighted by atomic mass is 35.5. The zero-order valence-corrected chi connectivity index (χ0v) is 20.4. The Labute approximate surface area is 202 Å². The lowest BCUT2D eigenvalue weighted by atomic mass is 10.3. The summed E-state index contributed by atoms with van der Waals surface area (Å²) in [6.45, 7) is 34.5. The fraction of sp³-hybridized carbons (Fsp3) is 0.385. The lowest BCUT2D eigenvalue weighted by molar-refractivity contribution is -0.906. The Bertz CT molecular complexity index is 483. The van der Waals surface area contributed by atoms with Gasteiger partial charge in [0.25, 0.3) is 0 Å². The Morgan fingerprint density at radius 1 is 0.500 bits per heavy atom. The number of hydrogen-bond acceptors (Lipinski definition) is 4. The van der Waals surface area contributed by atoms with E-state index in [1.165, 1.54) is 0 Å². The van der Waals surface area contributed by atoms with Crippen molar-refractivity contribution in [2.75, 3.05) is 59.2 Å². The van der Waals surface area contributed by atoms with E-state index in [1.807, 2.05) is 24.3 Å². The predicted octanol–water partition coefficient (Wildman–Crippen LogP) is 2.00. The minimum absolute atomic E-state index is 0. The Kier molecular flexibility index (Phi) is 25.6. The summed E-state index contributed by atoms with van der Waals surface area (Å²) in [5.41, 5.74) is 0. The van der Waals surface area contributed by atoms with E-state index in [9.17, 15) is 0 Å². The van der Waals surface area contributed by atoms with Crippen molar-refractivity contribution in [3.63, 3.8) is 0 Å². The molecule has 0 saturated carbocycles. The number of nitrogens with zero attached hydrogens (tertiary/aromatic N) is 1. The van der Waals surface area contributed by atoms with Gasteiger partial charge in [-0.05, 0) is 24.3 Å². The van der Waals surface area contributed by atoms with Gasteiger partial charge in [-0.25, -0.2) is 0 Å². The van der Waals surface area contributed by atoms with Crippen molar-refractivity contribution < 1.29 is 35.8 Å². The summed E-state index contributed by atoms with van der Waals surface area (Å²) in [4.78, 5) is 0. The van der Waals surface area contributed by atoms with Crippen LogP contribution in [0.25, 0.3) is 0 Å². The van der Waals surface area contributed by atoms with Crippen LogP contribution in [0.4, 0.5) is 0 Å². The molecule has 0 N–H and O–H groups in total. The maximum atomic E-state index is 5.51. The molecule has 0 radical (unpaired) electrons. The molecular formula is C26H42ClNO4. The summed E-state index contributed by atoms with van der Waals surface area (Å²) < 4.78 is 22.8. The maximum Gasteiger partial charge on any atom is 0.308 e. The van der Waals surface area contributed by atoms with E-state index < -0.39 is 5.97 Å². The zero-order valence-electron chi connectivity index (χ0n) is 19.6. The summed E-state index contributed by atoms with van der Waals surface area (Å²) in [6.07, 6.45) is 14.2. The molecule has 0 fully saturated rings.